The number of carbonyl (C=O) groups is 2. The number of nitrogens with one attached hydrogen (secondary N) is 1. The summed E-state index contributed by atoms with van der Waals surface area (Å²) in [5.41, 5.74) is 4.92. The Morgan fingerprint density at radius 3 is 2.43 bits per heavy atom. The highest BCUT2D eigenvalue weighted by Crippen LogP contribution is 2.27. The van der Waals surface area contributed by atoms with Crippen molar-refractivity contribution < 1.29 is 14.3 Å². The molecule has 35 heavy (non-hydrogen) atoms. The number of para-hydroxylation sites is 1. The second kappa shape index (κ2) is 9.95. The minimum absolute atomic E-state index is 0.0677. The maximum absolute atomic E-state index is 13.5. The zero-order chi connectivity index (χ0) is 24.2. The fraction of sp³-hybridized carbons (Fsp3) is 0.179. The summed E-state index contributed by atoms with van der Waals surface area (Å²) >= 11 is 0. The van der Waals surface area contributed by atoms with E-state index in [0.29, 0.717) is 48.8 Å². The number of ether oxygens (including phenoxy) is 1. The number of anilines is 1. The molecule has 4 aromatic rings. The monoisotopic (exact) mass is 466 g/mol. The lowest BCUT2D eigenvalue weighted by Gasteiger charge is -2.27. The van der Waals surface area contributed by atoms with Crippen molar-refractivity contribution in [2.24, 2.45) is 0 Å². The first kappa shape index (κ1) is 22.6. The lowest BCUT2D eigenvalue weighted by Crippen LogP contribution is -2.40. The number of carbonyl (C=O) groups excluding carboxylic acids is 2. The molecular formula is C28H26N4O3. The van der Waals surface area contributed by atoms with Crippen LogP contribution in [0.4, 0.5) is 5.69 Å². The van der Waals surface area contributed by atoms with E-state index in [4.69, 9.17) is 9.84 Å². The summed E-state index contributed by atoms with van der Waals surface area (Å²) in [4.78, 5) is 28.1. The summed E-state index contributed by atoms with van der Waals surface area (Å²) in [6.07, 6.45) is 1.75. The average molecular weight is 467 g/mol. The number of amides is 2. The van der Waals surface area contributed by atoms with Crippen LogP contribution in [0.2, 0.25) is 0 Å². The lowest BCUT2D eigenvalue weighted by molar-refractivity contribution is 0.0303. The summed E-state index contributed by atoms with van der Waals surface area (Å²) in [6, 6.07) is 24.6. The molecule has 2 amide bonds. The van der Waals surface area contributed by atoms with Gasteiger partial charge in [0.25, 0.3) is 11.8 Å². The van der Waals surface area contributed by atoms with E-state index in [9.17, 15) is 9.59 Å². The smallest absolute Gasteiger partial charge is 0.259 e. The molecule has 3 aromatic carbocycles. The zero-order valence-electron chi connectivity index (χ0n) is 19.5. The van der Waals surface area contributed by atoms with Crippen molar-refractivity contribution in [2.45, 2.75) is 6.92 Å². The second-order valence-corrected chi connectivity index (χ2v) is 8.43. The molecule has 2 heterocycles. The summed E-state index contributed by atoms with van der Waals surface area (Å²) in [5.74, 6) is -0.358. The molecule has 7 nitrogen and oxygen atoms in total. The number of morpholine rings is 1. The van der Waals surface area contributed by atoms with Crippen LogP contribution in [0.25, 0.3) is 16.9 Å². The fourth-order valence-corrected chi connectivity index (χ4v) is 4.17. The van der Waals surface area contributed by atoms with Gasteiger partial charge in [0, 0.05) is 36.1 Å². The van der Waals surface area contributed by atoms with Crippen molar-refractivity contribution in [1.82, 2.24) is 14.7 Å². The number of aromatic nitrogens is 2. The topological polar surface area (TPSA) is 76.5 Å². The Bertz CT molecular complexity index is 1360. The molecule has 1 fully saturated rings. The van der Waals surface area contributed by atoms with Crippen molar-refractivity contribution in [3.05, 3.63) is 102 Å². The molecule has 1 aliphatic heterocycles. The van der Waals surface area contributed by atoms with Gasteiger partial charge in [0.1, 0.15) is 5.69 Å². The van der Waals surface area contributed by atoms with E-state index >= 15 is 0 Å². The number of benzene rings is 3. The molecule has 5 rings (SSSR count). The predicted octanol–water partition coefficient (Wildman–Crippen LogP) is 4.57. The number of hydrogen-bond acceptors (Lipinski definition) is 4. The average Bonchev–Trinajstić information content (AvgIpc) is 3.35. The van der Waals surface area contributed by atoms with Crippen molar-refractivity contribution >= 4 is 17.5 Å². The van der Waals surface area contributed by atoms with E-state index in [0.717, 1.165) is 16.8 Å². The lowest BCUT2D eigenvalue weighted by atomic mass is 10.0. The zero-order valence-corrected chi connectivity index (χ0v) is 19.5. The third kappa shape index (κ3) is 4.85. The maximum atomic E-state index is 13.5. The van der Waals surface area contributed by atoms with Crippen molar-refractivity contribution in [1.29, 1.82) is 0 Å². The number of hydrogen-bond donors (Lipinski definition) is 1. The van der Waals surface area contributed by atoms with Crippen LogP contribution in [-0.4, -0.2) is 52.8 Å². The van der Waals surface area contributed by atoms with Crippen molar-refractivity contribution in [3.8, 4) is 16.9 Å². The molecule has 1 saturated heterocycles. The molecule has 0 spiro atoms. The van der Waals surface area contributed by atoms with Gasteiger partial charge in [-0.1, -0.05) is 48.5 Å². The fourth-order valence-electron chi connectivity index (χ4n) is 4.17. The molecular weight excluding hydrogens is 440 g/mol. The first-order valence-electron chi connectivity index (χ1n) is 11.6. The molecule has 0 aliphatic carbocycles. The quantitative estimate of drug-likeness (QED) is 0.467. The molecule has 1 aliphatic rings. The minimum atomic E-state index is -0.290. The SMILES string of the molecule is Cc1ccccc1-c1nn(-c2ccccc2)cc1C(=O)Nc1cccc(C(=O)N2CCOCC2)c1. The molecule has 0 unspecified atom stereocenters. The van der Waals surface area contributed by atoms with Crippen LogP contribution in [0.5, 0.6) is 0 Å². The Balaban J connectivity index is 1.46. The van der Waals surface area contributed by atoms with Gasteiger partial charge in [-0.3, -0.25) is 9.59 Å². The van der Waals surface area contributed by atoms with Gasteiger partial charge in [-0.25, -0.2) is 4.68 Å². The predicted molar refractivity (Wildman–Crippen MR) is 135 cm³/mol. The van der Waals surface area contributed by atoms with Gasteiger partial charge < -0.3 is 15.0 Å². The van der Waals surface area contributed by atoms with Crippen molar-refractivity contribution in [3.63, 3.8) is 0 Å². The largest absolute Gasteiger partial charge is 0.378 e. The van der Waals surface area contributed by atoms with E-state index in [2.05, 4.69) is 5.32 Å². The van der Waals surface area contributed by atoms with Crippen LogP contribution >= 0.6 is 0 Å². The molecule has 176 valence electrons. The van der Waals surface area contributed by atoms with Gasteiger partial charge >= 0.3 is 0 Å². The minimum Gasteiger partial charge on any atom is -0.378 e. The van der Waals surface area contributed by atoms with E-state index in [1.54, 1.807) is 40.0 Å². The van der Waals surface area contributed by atoms with Crippen LogP contribution < -0.4 is 5.32 Å². The van der Waals surface area contributed by atoms with E-state index in [1.165, 1.54) is 0 Å². The Hall–Kier alpha value is -4.23. The van der Waals surface area contributed by atoms with Crippen molar-refractivity contribution in [2.75, 3.05) is 31.6 Å². The Morgan fingerprint density at radius 1 is 0.914 bits per heavy atom. The molecule has 0 atom stereocenters. The highest BCUT2D eigenvalue weighted by molar-refractivity contribution is 6.08. The van der Waals surface area contributed by atoms with Gasteiger partial charge in [-0.2, -0.15) is 5.10 Å². The van der Waals surface area contributed by atoms with Crippen LogP contribution in [0.15, 0.2) is 85.1 Å². The third-order valence-electron chi connectivity index (χ3n) is 6.05. The molecule has 1 aromatic heterocycles. The molecule has 0 bridgehead atoms. The first-order chi connectivity index (χ1) is 17.1. The van der Waals surface area contributed by atoms with E-state index < -0.39 is 0 Å². The number of aryl methyl sites for hydroxylation is 1. The summed E-state index contributed by atoms with van der Waals surface area (Å²) in [5, 5.41) is 7.73. The summed E-state index contributed by atoms with van der Waals surface area (Å²) in [6.45, 7) is 4.20. The van der Waals surface area contributed by atoms with E-state index in [-0.39, 0.29) is 11.8 Å². The number of nitrogens with zero attached hydrogens (tertiary/aromatic N) is 3. The number of rotatable bonds is 5. The molecule has 0 radical (unpaired) electrons. The normalized spacial score (nSPS) is 13.5. The van der Waals surface area contributed by atoms with Crippen LogP contribution in [-0.2, 0) is 4.74 Å². The molecule has 7 heteroatoms. The van der Waals surface area contributed by atoms with Crippen LogP contribution in [0.1, 0.15) is 26.3 Å². The van der Waals surface area contributed by atoms with Crippen LogP contribution in [0.3, 0.4) is 0 Å². The Kier molecular flexibility index (Phi) is 6.41. The van der Waals surface area contributed by atoms with Gasteiger partial charge in [0.2, 0.25) is 0 Å². The van der Waals surface area contributed by atoms with Gasteiger partial charge in [0.05, 0.1) is 24.5 Å². The third-order valence-corrected chi connectivity index (χ3v) is 6.05. The summed E-state index contributed by atoms with van der Waals surface area (Å²) in [7, 11) is 0. The van der Waals surface area contributed by atoms with Crippen LogP contribution in [0, 0.1) is 6.92 Å². The molecule has 0 saturated carbocycles. The standard InChI is InChI=1S/C28H26N4O3/c1-20-8-5-6-13-24(20)26-25(19-32(30-26)23-11-3-2-4-12-23)27(33)29-22-10-7-9-21(18-22)28(34)31-14-16-35-17-15-31/h2-13,18-19H,14-17H2,1H3,(H,29,33). The highest BCUT2D eigenvalue weighted by atomic mass is 16.5. The van der Waals surface area contributed by atoms with Gasteiger partial charge in [-0.05, 0) is 42.8 Å². The van der Waals surface area contributed by atoms with E-state index in [1.807, 2.05) is 61.5 Å². The Labute approximate surface area is 204 Å². The molecule has 1 N–H and O–H groups in total. The van der Waals surface area contributed by atoms with Gasteiger partial charge in [-0.15, -0.1) is 0 Å². The first-order valence-corrected chi connectivity index (χ1v) is 11.6. The maximum Gasteiger partial charge on any atom is 0.259 e. The Morgan fingerprint density at radius 2 is 1.66 bits per heavy atom. The van der Waals surface area contributed by atoms with Gasteiger partial charge in [0.15, 0.2) is 0 Å². The summed E-state index contributed by atoms with van der Waals surface area (Å²) < 4.78 is 7.06. The highest BCUT2D eigenvalue weighted by Gasteiger charge is 2.22. The second-order valence-electron chi connectivity index (χ2n) is 8.43.